The monoisotopic (exact) mass is 260 g/mol. The van der Waals surface area contributed by atoms with Gasteiger partial charge in [0.15, 0.2) is 0 Å². The van der Waals surface area contributed by atoms with Gasteiger partial charge in [-0.05, 0) is 26.8 Å². The van der Waals surface area contributed by atoms with Crippen LogP contribution in [0.25, 0.3) is 0 Å². The molecule has 1 aliphatic heterocycles. The lowest BCUT2D eigenvalue weighted by molar-refractivity contribution is -0.0562. The lowest BCUT2D eigenvalue weighted by Crippen LogP contribution is -2.57. The van der Waals surface area contributed by atoms with Gasteiger partial charge in [-0.2, -0.15) is 0 Å². The molecule has 0 amide bonds. The number of hydrogen-bond acceptors (Lipinski definition) is 6. The van der Waals surface area contributed by atoms with Crippen LogP contribution in [-0.2, 0) is 0 Å². The van der Waals surface area contributed by atoms with E-state index in [1.807, 2.05) is 0 Å². The molecular weight excluding hydrogens is 232 g/mol. The van der Waals surface area contributed by atoms with E-state index in [1.54, 1.807) is 13.8 Å². The lowest BCUT2D eigenvalue weighted by atomic mass is 10.3. The molecule has 6 nitrogen and oxygen atoms in total. The minimum atomic E-state index is -0.326. The van der Waals surface area contributed by atoms with Gasteiger partial charge in [-0.3, -0.25) is 14.7 Å². The van der Waals surface area contributed by atoms with Crippen molar-refractivity contribution in [2.45, 2.75) is 32.5 Å². The van der Waals surface area contributed by atoms with Gasteiger partial charge in [-0.1, -0.05) is 0 Å². The van der Waals surface area contributed by atoms with Crippen LogP contribution in [0.1, 0.15) is 20.3 Å². The van der Waals surface area contributed by atoms with E-state index in [9.17, 15) is 10.2 Å². The van der Waals surface area contributed by atoms with Crippen LogP contribution in [0.3, 0.4) is 0 Å². The van der Waals surface area contributed by atoms with Crippen LogP contribution in [0, 0.1) is 0 Å². The summed E-state index contributed by atoms with van der Waals surface area (Å²) in [5.74, 6) is 0. The predicted molar refractivity (Wildman–Crippen MR) is 71.8 cm³/mol. The quantitative estimate of drug-likeness (QED) is 0.539. The Morgan fingerprint density at radius 3 is 1.78 bits per heavy atom. The third-order valence-corrected chi connectivity index (χ3v) is 2.92. The van der Waals surface area contributed by atoms with Gasteiger partial charge in [-0.25, -0.2) is 0 Å². The Morgan fingerprint density at radius 2 is 1.39 bits per heavy atom. The molecule has 18 heavy (non-hydrogen) atoms. The first-order valence-corrected chi connectivity index (χ1v) is 6.74. The van der Waals surface area contributed by atoms with Gasteiger partial charge in [0.25, 0.3) is 0 Å². The third kappa shape index (κ3) is 6.08. The highest BCUT2D eigenvalue weighted by Gasteiger charge is 2.24. The summed E-state index contributed by atoms with van der Waals surface area (Å²) in [7, 11) is 0. The van der Waals surface area contributed by atoms with Crippen molar-refractivity contribution in [3.05, 3.63) is 0 Å². The fourth-order valence-electron chi connectivity index (χ4n) is 2.42. The molecule has 0 aromatic heterocycles. The van der Waals surface area contributed by atoms with Crippen LogP contribution in [0.5, 0.6) is 0 Å². The van der Waals surface area contributed by atoms with E-state index in [1.165, 1.54) is 0 Å². The summed E-state index contributed by atoms with van der Waals surface area (Å²) in [6.07, 6.45) is 0.325. The molecule has 0 aliphatic carbocycles. The van der Waals surface area contributed by atoms with E-state index < -0.39 is 0 Å². The second-order valence-corrected chi connectivity index (χ2v) is 5.37. The highest BCUT2D eigenvalue weighted by Crippen LogP contribution is 2.09. The zero-order chi connectivity index (χ0) is 13.5. The van der Waals surface area contributed by atoms with Crippen molar-refractivity contribution in [2.75, 3.05) is 46.2 Å². The summed E-state index contributed by atoms with van der Waals surface area (Å²) >= 11 is 0. The van der Waals surface area contributed by atoms with Crippen LogP contribution < -0.4 is 5.73 Å². The molecule has 4 N–H and O–H groups in total. The van der Waals surface area contributed by atoms with Gasteiger partial charge in [0, 0.05) is 19.6 Å². The van der Waals surface area contributed by atoms with Crippen molar-refractivity contribution in [1.29, 1.82) is 0 Å². The van der Waals surface area contributed by atoms with Crippen molar-refractivity contribution < 1.29 is 10.2 Å². The van der Waals surface area contributed by atoms with E-state index in [0.717, 1.165) is 33.0 Å². The zero-order valence-corrected chi connectivity index (χ0v) is 11.6. The molecule has 6 heteroatoms. The molecule has 1 aliphatic rings. The highest BCUT2D eigenvalue weighted by atomic mass is 16.3. The first-order valence-electron chi connectivity index (χ1n) is 6.74. The fourth-order valence-corrected chi connectivity index (χ4v) is 2.42. The van der Waals surface area contributed by atoms with E-state index >= 15 is 0 Å². The molecule has 0 aromatic carbocycles. The number of aliphatic hydroxyl groups is 2. The maximum atomic E-state index is 9.49. The molecule has 0 spiro atoms. The lowest BCUT2D eigenvalue weighted by Gasteiger charge is -2.43. The number of nitrogens with two attached hydrogens (primary N) is 1. The van der Waals surface area contributed by atoms with Crippen LogP contribution >= 0.6 is 0 Å². The van der Waals surface area contributed by atoms with E-state index in [4.69, 9.17) is 5.73 Å². The molecule has 1 rings (SSSR count). The Hall–Kier alpha value is -0.240. The van der Waals surface area contributed by atoms with Crippen molar-refractivity contribution in [3.8, 4) is 0 Å². The maximum absolute atomic E-state index is 9.49. The average molecular weight is 260 g/mol. The summed E-state index contributed by atoms with van der Waals surface area (Å²) in [6, 6.07) is 0. The minimum absolute atomic E-state index is 0.326. The first-order chi connectivity index (χ1) is 8.51. The number of nitrogens with zero attached hydrogens (tertiary/aromatic N) is 3. The summed E-state index contributed by atoms with van der Waals surface area (Å²) < 4.78 is 0. The summed E-state index contributed by atoms with van der Waals surface area (Å²) in [6.45, 7) is 9.12. The number of rotatable bonds is 7. The van der Waals surface area contributed by atoms with Gasteiger partial charge >= 0.3 is 0 Å². The molecule has 1 saturated heterocycles. The van der Waals surface area contributed by atoms with Gasteiger partial charge in [0.05, 0.1) is 32.2 Å². The summed E-state index contributed by atoms with van der Waals surface area (Å²) in [5.41, 5.74) is 5.54. The Balaban J connectivity index is 2.48. The average Bonchev–Trinajstić information content (AvgIpc) is 2.24. The molecule has 0 radical (unpaired) electrons. The number of aliphatic hydroxyl groups excluding tert-OH is 2. The first kappa shape index (κ1) is 15.8. The maximum Gasteiger partial charge on any atom is 0.0640 e. The molecule has 2 atom stereocenters. The minimum Gasteiger partial charge on any atom is -0.392 e. The summed E-state index contributed by atoms with van der Waals surface area (Å²) in [5, 5.41) is 19.0. The fraction of sp³-hybridized carbons (Fsp3) is 1.00. The SMILES string of the molecule is CC(O)CN1CN(CCCN)CN(CC(C)O)C1. The van der Waals surface area contributed by atoms with Crippen LogP contribution in [0.15, 0.2) is 0 Å². The van der Waals surface area contributed by atoms with E-state index in [-0.39, 0.29) is 12.2 Å². The topological polar surface area (TPSA) is 76.2 Å². The molecule has 0 bridgehead atoms. The van der Waals surface area contributed by atoms with Crippen molar-refractivity contribution in [2.24, 2.45) is 5.73 Å². The van der Waals surface area contributed by atoms with Gasteiger partial charge in [0.1, 0.15) is 0 Å². The normalized spacial score (nSPS) is 23.2. The largest absolute Gasteiger partial charge is 0.392 e. The van der Waals surface area contributed by atoms with E-state index in [0.29, 0.717) is 19.6 Å². The Labute approximate surface area is 110 Å². The zero-order valence-electron chi connectivity index (χ0n) is 11.6. The summed E-state index contributed by atoms with van der Waals surface area (Å²) in [4.78, 5) is 6.71. The van der Waals surface area contributed by atoms with Crippen molar-refractivity contribution in [3.63, 3.8) is 0 Å². The van der Waals surface area contributed by atoms with Gasteiger partial charge in [-0.15, -0.1) is 0 Å². The van der Waals surface area contributed by atoms with Crippen LogP contribution in [0.4, 0.5) is 0 Å². The van der Waals surface area contributed by atoms with Gasteiger partial charge < -0.3 is 15.9 Å². The predicted octanol–water partition coefficient (Wildman–Crippen LogP) is -1.11. The Bertz CT molecular complexity index is 208. The second-order valence-electron chi connectivity index (χ2n) is 5.37. The molecule has 1 heterocycles. The third-order valence-electron chi connectivity index (χ3n) is 2.92. The Kier molecular flexibility index (Phi) is 7.06. The standard InChI is InChI=1S/C12H28N4O2/c1-11(17)6-15-8-14(5-3-4-13)9-16(10-15)7-12(2)18/h11-12,17-18H,3-10,13H2,1-2H3. The van der Waals surface area contributed by atoms with E-state index in [2.05, 4.69) is 14.7 Å². The second kappa shape index (κ2) is 8.04. The number of β-amino-alcohol motifs (C(OH)–C–C–N with tert-alkyl or cyclic N) is 2. The molecule has 108 valence electrons. The smallest absolute Gasteiger partial charge is 0.0640 e. The molecule has 0 saturated carbocycles. The van der Waals surface area contributed by atoms with Gasteiger partial charge in [0.2, 0.25) is 0 Å². The molecule has 2 unspecified atom stereocenters. The molecule has 1 fully saturated rings. The molecular formula is C12H28N4O2. The van der Waals surface area contributed by atoms with Crippen LogP contribution in [0.2, 0.25) is 0 Å². The Morgan fingerprint density at radius 1 is 0.944 bits per heavy atom. The van der Waals surface area contributed by atoms with Crippen molar-refractivity contribution >= 4 is 0 Å². The highest BCUT2D eigenvalue weighted by molar-refractivity contribution is 4.72. The number of hydrogen-bond donors (Lipinski definition) is 3. The van der Waals surface area contributed by atoms with Crippen LogP contribution in [-0.4, -0.2) is 83.3 Å². The molecule has 0 aromatic rings. The van der Waals surface area contributed by atoms with Crippen molar-refractivity contribution in [1.82, 2.24) is 14.7 Å².